The second-order valence-corrected chi connectivity index (χ2v) is 6.17. The standard InChI is InChI=1S/C15H19F3N2O/c1-14(2)7-11(14)9-19-8-10-4-3-5-12(6-10)20-13(21)15(16,17)18/h3-6,11,19H,7-9H2,1-2H3,(H,20,21). The van der Waals surface area contributed by atoms with E-state index in [1.807, 2.05) is 11.4 Å². The Bertz CT molecular complexity index is 526. The van der Waals surface area contributed by atoms with Crippen molar-refractivity contribution < 1.29 is 18.0 Å². The van der Waals surface area contributed by atoms with Crippen molar-refractivity contribution in [2.45, 2.75) is 33.0 Å². The first-order valence-electron chi connectivity index (χ1n) is 6.86. The molecule has 1 atom stereocenters. The number of carbonyl (C=O) groups excluding carboxylic acids is 1. The molecule has 2 N–H and O–H groups in total. The number of amides is 1. The number of hydrogen-bond donors (Lipinski definition) is 2. The number of nitrogens with one attached hydrogen (secondary N) is 2. The summed E-state index contributed by atoms with van der Waals surface area (Å²) in [5.41, 5.74) is 1.40. The van der Waals surface area contributed by atoms with Crippen LogP contribution in [0.1, 0.15) is 25.8 Å². The van der Waals surface area contributed by atoms with Gasteiger partial charge in [-0.3, -0.25) is 4.79 Å². The zero-order chi connectivity index (χ0) is 15.7. The third-order valence-corrected chi connectivity index (χ3v) is 3.88. The molecule has 1 saturated carbocycles. The summed E-state index contributed by atoms with van der Waals surface area (Å²) in [5.74, 6) is -1.29. The van der Waals surface area contributed by atoms with E-state index >= 15 is 0 Å². The summed E-state index contributed by atoms with van der Waals surface area (Å²) < 4.78 is 36.5. The van der Waals surface area contributed by atoms with Crippen LogP contribution in [0.3, 0.4) is 0 Å². The lowest BCUT2D eigenvalue weighted by molar-refractivity contribution is -0.167. The molecule has 0 saturated heterocycles. The molecular weight excluding hydrogens is 281 g/mol. The smallest absolute Gasteiger partial charge is 0.318 e. The quantitative estimate of drug-likeness (QED) is 0.876. The average Bonchev–Trinajstić information content (AvgIpc) is 2.96. The fourth-order valence-corrected chi connectivity index (χ4v) is 2.28. The van der Waals surface area contributed by atoms with Crippen molar-refractivity contribution in [3.05, 3.63) is 29.8 Å². The summed E-state index contributed by atoms with van der Waals surface area (Å²) >= 11 is 0. The maximum atomic E-state index is 12.2. The van der Waals surface area contributed by atoms with Crippen LogP contribution in [0.15, 0.2) is 24.3 Å². The van der Waals surface area contributed by atoms with Crippen LogP contribution in [0.25, 0.3) is 0 Å². The summed E-state index contributed by atoms with van der Waals surface area (Å²) in [6.45, 7) is 5.90. The Morgan fingerprint density at radius 1 is 1.38 bits per heavy atom. The summed E-state index contributed by atoms with van der Waals surface area (Å²) in [7, 11) is 0. The first-order chi connectivity index (χ1) is 9.68. The minimum absolute atomic E-state index is 0.156. The van der Waals surface area contributed by atoms with Crippen molar-refractivity contribution in [1.29, 1.82) is 0 Å². The van der Waals surface area contributed by atoms with Crippen molar-refractivity contribution >= 4 is 11.6 Å². The Labute approximate surface area is 121 Å². The maximum absolute atomic E-state index is 12.2. The minimum atomic E-state index is -4.87. The highest BCUT2D eigenvalue weighted by molar-refractivity contribution is 5.94. The third-order valence-electron chi connectivity index (χ3n) is 3.88. The largest absolute Gasteiger partial charge is 0.471 e. The van der Waals surface area contributed by atoms with Crippen LogP contribution in [-0.4, -0.2) is 18.6 Å². The molecule has 1 aliphatic rings. The Morgan fingerprint density at radius 2 is 2.05 bits per heavy atom. The van der Waals surface area contributed by atoms with Crippen molar-refractivity contribution in [2.75, 3.05) is 11.9 Å². The molecule has 0 spiro atoms. The summed E-state index contributed by atoms with van der Waals surface area (Å²) in [5, 5.41) is 5.15. The average molecular weight is 300 g/mol. The summed E-state index contributed by atoms with van der Waals surface area (Å²) in [6, 6.07) is 6.43. The molecule has 116 valence electrons. The Balaban J connectivity index is 1.85. The molecule has 1 fully saturated rings. The molecule has 21 heavy (non-hydrogen) atoms. The van der Waals surface area contributed by atoms with Gasteiger partial charge in [0.15, 0.2) is 0 Å². The van der Waals surface area contributed by atoms with E-state index in [2.05, 4.69) is 19.2 Å². The topological polar surface area (TPSA) is 41.1 Å². The van der Waals surface area contributed by atoms with E-state index in [4.69, 9.17) is 0 Å². The van der Waals surface area contributed by atoms with Crippen LogP contribution in [0.4, 0.5) is 18.9 Å². The number of alkyl halides is 3. The number of anilines is 1. The van der Waals surface area contributed by atoms with E-state index in [0.29, 0.717) is 17.9 Å². The molecule has 0 aliphatic heterocycles. The second-order valence-electron chi connectivity index (χ2n) is 6.17. The fraction of sp³-hybridized carbons (Fsp3) is 0.533. The third kappa shape index (κ3) is 4.46. The number of halogens is 3. The van der Waals surface area contributed by atoms with Gasteiger partial charge < -0.3 is 10.6 Å². The SMILES string of the molecule is CC1(C)CC1CNCc1cccc(NC(=O)C(F)(F)F)c1. The Morgan fingerprint density at radius 3 is 2.62 bits per heavy atom. The minimum Gasteiger partial charge on any atom is -0.318 e. The van der Waals surface area contributed by atoms with Gasteiger partial charge in [-0.15, -0.1) is 0 Å². The van der Waals surface area contributed by atoms with Gasteiger partial charge in [0.1, 0.15) is 0 Å². The zero-order valence-electron chi connectivity index (χ0n) is 12.1. The van der Waals surface area contributed by atoms with Crippen LogP contribution in [-0.2, 0) is 11.3 Å². The van der Waals surface area contributed by atoms with E-state index in [9.17, 15) is 18.0 Å². The normalized spacial score (nSPS) is 20.1. The van der Waals surface area contributed by atoms with E-state index in [0.717, 1.165) is 12.1 Å². The van der Waals surface area contributed by atoms with Crippen LogP contribution in [0, 0.1) is 11.3 Å². The van der Waals surface area contributed by atoms with Gasteiger partial charge in [-0.25, -0.2) is 0 Å². The van der Waals surface area contributed by atoms with E-state index in [-0.39, 0.29) is 5.69 Å². The van der Waals surface area contributed by atoms with Crippen LogP contribution < -0.4 is 10.6 Å². The molecule has 1 amide bonds. The van der Waals surface area contributed by atoms with Gasteiger partial charge in [0, 0.05) is 12.2 Å². The molecule has 2 rings (SSSR count). The predicted octanol–water partition coefficient (Wildman–Crippen LogP) is 3.32. The van der Waals surface area contributed by atoms with Crippen molar-refractivity contribution in [2.24, 2.45) is 11.3 Å². The molecule has 6 heteroatoms. The Hall–Kier alpha value is -1.56. The lowest BCUT2D eigenvalue weighted by atomic mass is 10.1. The zero-order valence-corrected chi connectivity index (χ0v) is 12.1. The van der Waals surface area contributed by atoms with Gasteiger partial charge in [0.2, 0.25) is 0 Å². The van der Waals surface area contributed by atoms with E-state index < -0.39 is 12.1 Å². The van der Waals surface area contributed by atoms with Crippen molar-refractivity contribution in [3.8, 4) is 0 Å². The van der Waals surface area contributed by atoms with Gasteiger partial charge in [0.25, 0.3) is 0 Å². The first-order valence-corrected chi connectivity index (χ1v) is 6.86. The number of rotatable bonds is 5. The van der Waals surface area contributed by atoms with Gasteiger partial charge in [-0.2, -0.15) is 13.2 Å². The van der Waals surface area contributed by atoms with Crippen LogP contribution >= 0.6 is 0 Å². The van der Waals surface area contributed by atoms with Gasteiger partial charge in [0.05, 0.1) is 0 Å². The molecule has 1 aromatic rings. The fourth-order valence-electron chi connectivity index (χ4n) is 2.28. The summed E-state index contributed by atoms with van der Waals surface area (Å²) in [4.78, 5) is 10.9. The highest BCUT2D eigenvalue weighted by Gasteiger charge is 2.44. The van der Waals surface area contributed by atoms with Gasteiger partial charge in [-0.1, -0.05) is 26.0 Å². The highest BCUT2D eigenvalue weighted by atomic mass is 19.4. The molecule has 1 aliphatic carbocycles. The lowest BCUT2D eigenvalue weighted by Crippen LogP contribution is -2.30. The molecule has 0 radical (unpaired) electrons. The number of benzene rings is 1. The Kier molecular flexibility index (Phi) is 4.27. The van der Waals surface area contributed by atoms with Crippen LogP contribution in [0.5, 0.6) is 0 Å². The van der Waals surface area contributed by atoms with Gasteiger partial charge in [-0.05, 0) is 42.0 Å². The second kappa shape index (κ2) is 5.67. The summed E-state index contributed by atoms with van der Waals surface area (Å²) in [6.07, 6.45) is -3.67. The highest BCUT2D eigenvalue weighted by Crippen LogP contribution is 2.50. The van der Waals surface area contributed by atoms with Crippen molar-refractivity contribution in [3.63, 3.8) is 0 Å². The molecular formula is C15H19F3N2O. The molecule has 1 aromatic carbocycles. The number of hydrogen-bond acceptors (Lipinski definition) is 2. The molecule has 0 heterocycles. The van der Waals surface area contributed by atoms with E-state index in [1.165, 1.54) is 12.5 Å². The van der Waals surface area contributed by atoms with Gasteiger partial charge >= 0.3 is 12.1 Å². The molecule has 0 bridgehead atoms. The lowest BCUT2D eigenvalue weighted by Gasteiger charge is -2.10. The molecule has 0 aromatic heterocycles. The maximum Gasteiger partial charge on any atom is 0.471 e. The molecule has 3 nitrogen and oxygen atoms in total. The van der Waals surface area contributed by atoms with Crippen molar-refractivity contribution in [1.82, 2.24) is 5.32 Å². The predicted molar refractivity (Wildman–Crippen MR) is 74.7 cm³/mol. The monoisotopic (exact) mass is 300 g/mol. The number of carbonyl (C=O) groups is 1. The molecule has 1 unspecified atom stereocenters. The van der Waals surface area contributed by atoms with E-state index in [1.54, 1.807) is 12.1 Å². The first kappa shape index (κ1) is 15.8. The van der Waals surface area contributed by atoms with Crippen LogP contribution in [0.2, 0.25) is 0 Å².